The van der Waals surface area contributed by atoms with Gasteiger partial charge in [0.05, 0.1) is 10.5 Å². The van der Waals surface area contributed by atoms with Gasteiger partial charge in [-0.05, 0) is 42.4 Å². The van der Waals surface area contributed by atoms with Gasteiger partial charge < -0.3 is 31.8 Å². The Morgan fingerprint density at radius 1 is 1.06 bits per heavy atom. The SMILES string of the molecule is CC(C)[C@H](NC(=O)[C@@]1(NC(=O)[C@@H](NC(=O)O)C(C)C)CCc2[nH]c3c(Cl)cc(Cl)cc3c2C1)C(N)=O. The number of benzene rings is 1. The first-order valence-electron chi connectivity index (χ1n) is 11.7. The molecule has 0 aliphatic heterocycles. The Bertz CT molecular complexity index is 1210. The average Bonchev–Trinajstić information content (AvgIpc) is 3.12. The predicted molar refractivity (Wildman–Crippen MR) is 137 cm³/mol. The summed E-state index contributed by atoms with van der Waals surface area (Å²) in [6.45, 7) is 6.87. The van der Waals surface area contributed by atoms with Crippen LogP contribution in [0.4, 0.5) is 4.79 Å². The van der Waals surface area contributed by atoms with Crippen molar-refractivity contribution in [3.63, 3.8) is 0 Å². The van der Waals surface area contributed by atoms with Crippen LogP contribution in [0.3, 0.4) is 0 Å². The molecular weight excluding hydrogens is 509 g/mol. The monoisotopic (exact) mass is 539 g/mol. The van der Waals surface area contributed by atoms with E-state index in [2.05, 4.69) is 20.9 Å². The summed E-state index contributed by atoms with van der Waals surface area (Å²) in [6.07, 6.45) is -0.717. The second-order valence-electron chi connectivity index (χ2n) is 9.91. The largest absolute Gasteiger partial charge is 0.465 e. The second kappa shape index (κ2) is 10.6. The van der Waals surface area contributed by atoms with Crippen molar-refractivity contribution in [2.45, 2.75) is 64.6 Å². The molecule has 0 fully saturated rings. The lowest BCUT2D eigenvalue weighted by Gasteiger charge is -2.39. The van der Waals surface area contributed by atoms with E-state index in [0.29, 0.717) is 27.4 Å². The van der Waals surface area contributed by atoms with E-state index in [1.807, 2.05) is 0 Å². The zero-order valence-electron chi connectivity index (χ0n) is 20.5. The zero-order valence-corrected chi connectivity index (χ0v) is 22.0. The molecule has 0 radical (unpaired) electrons. The zero-order chi connectivity index (χ0) is 26.9. The maximum Gasteiger partial charge on any atom is 0.405 e. The van der Waals surface area contributed by atoms with Crippen LogP contribution in [0.2, 0.25) is 10.0 Å². The number of nitrogens with one attached hydrogen (secondary N) is 4. The van der Waals surface area contributed by atoms with Gasteiger partial charge in [0, 0.05) is 22.5 Å². The molecule has 0 saturated carbocycles. The first kappa shape index (κ1) is 27.6. The van der Waals surface area contributed by atoms with E-state index in [1.54, 1.807) is 39.8 Å². The summed E-state index contributed by atoms with van der Waals surface area (Å²) in [5.74, 6) is -2.61. The number of aromatic nitrogens is 1. The molecule has 10 nitrogen and oxygen atoms in total. The Labute approximate surface area is 218 Å². The summed E-state index contributed by atoms with van der Waals surface area (Å²) in [5.41, 5.74) is 6.31. The lowest BCUT2D eigenvalue weighted by molar-refractivity contribution is -0.137. The highest BCUT2D eigenvalue weighted by Gasteiger charge is 2.46. The first-order valence-corrected chi connectivity index (χ1v) is 12.4. The number of aryl methyl sites for hydroxylation is 1. The molecule has 1 aliphatic carbocycles. The number of rotatable bonds is 8. The van der Waals surface area contributed by atoms with Gasteiger partial charge in [-0.25, -0.2) is 4.79 Å². The highest BCUT2D eigenvalue weighted by atomic mass is 35.5. The van der Waals surface area contributed by atoms with Crippen molar-refractivity contribution in [2.75, 3.05) is 0 Å². The Morgan fingerprint density at radius 3 is 2.25 bits per heavy atom. The van der Waals surface area contributed by atoms with E-state index < -0.39 is 41.4 Å². The molecular formula is C24H31Cl2N5O5. The van der Waals surface area contributed by atoms with E-state index in [1.165, 1.54) is 0 Å². The second-order valence-corrected chi connectivity index (χ2v) is 10.8. The Morgan fingerprint density at radius 2 is 1.69 bits per heavy atom. The van der Waals surface area contributed by atoms with Gasteiger partial charge in [0.1, 0.15) is 17.6 Å². The van der Waals surface area contributed by atoms with Crippen molar-refractivity contribution < 1.29 is 24.3 Å². The number of hydrogen-bond acceptors (Lipinski definition) is 4. The molecule has 2 aromatic rings. The van der Waals surface area contributed by atoms with Crippen LogP contribution in [0.1, 0.15) is 45.4 Å². The Hall–Kier alpha value is -2.98. The van der Waals surface area contributed by atoms with Crippen molar-refractivity contribution >= 4 is 57.9 Å². The van der Waals surface area contributed by atoms with Crippen LogP contribution < -0.4 is 21.7 Å². The molecule has 1 aromatic carbocycles. The molecule has 36 heavy (non-hydrogen) atoms. The van der Waals surface area contributed by atoms with Gasteiger partial charge >= 0.3 is 6.09 Å². The quantitative estimate of drug-likeness (QED) is 0.302. The molecule has 196 valence electrons. The van der Waals surface area contributed by atoms with Crippen LogP contribution in [0, 0.1) is 11.8 Å². The number of halogens is 2. The Kier molecular flexibility index (Phi) is 8.10. The van der Waals surface area contributed by atoms with E-state index in [9.17, 15) is 24.3 Å². The molecule has 0 spiro atoms. The lowest BCUT2D eigenvalue weighted by atomic mass is 9.78. The first-order chi connectivity index (χ1) is 16.8. The highest BCUT2D eigenvalue weighted by Crippen LogP contribution is 2.38. The summed E-state index contributed by atoms with van der Waals surface area (Å²) in [6, 6.07) is 1.28. The maximum atomic E-state index is 13.8. The molecule has 7 N–H and O–H groups in total. The van der Waals surface area contributed by atoms with Crippen molar-refractivity contribution in [1.82, 2.24) is 20.9 Å². The summed E-state index contributed by atoms with van der Waals surface area (Å²) in [7, 11) is 0. The van der Waals surface area contributed by atoms with Crippen molar-refractivity contribution in [1.29, 1.82) is 0 Å². The van der Waals surface area contributed by atoms with Crippen LogP contribution in [0.5, 0.6) is 0 Å². The number of carbonyl (C=O) groups is 4. The number of carboxylic acid groups (broad SMARTS) is 1. The van der Waals surface area contributed by atoms with Crippen molar-refractivity contribution in [3.8, 4) is 0 Å². The van der Waals surface area contributed by atoms with E-state index in [-0.39, 0.29) is 24.7 Å². The van der Waals surface area contributed by atoms with E-state index in [0.717, 1.165) is 11.3 Å². The third kappa shape index (κ3) is 5.54. The van der Waals surface area contributed by atoms with Crippen LogP contribution >= 0.6 is 23.2 Å². The van der Waals surface area contributed by atoms with Crippen LogP contribution in [-0.2, 0) is 27.2 Å². The number of hydrogen-bond donors (Lipinski definition) is 6. The van der Waals surface area contributed by atoms with Gasteiger partial charge in [0.15, 0.2) is 0 Å². The van der Waals surface area contributed by atoms with Gasteiger partial charge in [-0.3, -0.25) is 14.4 Å². The fourth-order valence-electron chi connectivity index (χ4n) is 4.66. The van der Waals surface area contributed by atoms with E-state index >= 15 is 0 Å². The number of primary amides is 1. The third-order valence-corrected chi connectivity index (χ3v) is 7.10. The molecule has 1 aromatic heterocycles. The summed E-state index contributed by atoms with van der Waals surface area (Å²) in [5, 5.41) is 18.5. The minimum absolute atomic E-state index is 0.0675. The van der Waals surface area contributed by atoms with Gasteiger partial charge in [-0.1, -0.05) is 50.9 Å². The van der Waals surface area contributed by atoms with Gasteiger partial charge in [0.2, 0.25) is 17.7 Å². The highest BCUT2D eigenvalue weighted by molar-refractivity contribution is 6.38. The van der Waals surface area contributed by atoms with Gasteiger partial charge in [-0.2, -0.15) is 0 Å². The summed E-state index contributed by atoms with van der Waals surface area (Å²) >= 11 is 12.6. The fraction of sp³-hybridized carbons (Fsp3) is 0.500. The molecule has 4 amide bonds. The van der Waals surface area contributed by atoms with E-state index in [4.69, 9.17) is 28.9 Å². The minimum Gasteiger partial charge on any atom is -0.465 e. The molecule has 0 saturated heterocycles. The van der Waals surface area contributed by atoms with Crippen LogP contribution in [-0.4, -0.2) is 51.5 Å². The van der Waals surface area contributed by atoms with Crippen LogP contribution in [0.25, 0.3) is 10.9 Å². The van der Waals surface area contributed by atoms with Gasteiger partial charge in [-0.15, -0.1) is 0 Å². The molecule has 0 unspecified atom stereocenters. The minimum atomic E-state index is -1.48. The normalized spacial score (nSPS) is 19.0. The topological polar surface area (TPSA) is 166 Å². The lowest BCUT2D eigenvalue weighted by Crippen LogP contribution is -2.67. The molecule has 12 heteroatoms. The molecule has 1 aliphatic rings. The predicted octanol–water partition coefficient (Wildman–Crippen LogP) is 2.74. The number of nitrogens with two attached hydrogens (primary N) is 1. The van der Waals surface area contributed by atoms with Crippen molar-refractivity contribution in [3.05, 3.63) is 33.4 Å². The smallest absolute Gasteiger partial charge is 0.405 e. The van der Waals surface area contributed by atoms with Gasteiger partial charge in [0.25, 0.3) is 0 Å². The fourth-order valence-corrected chi connectivity index (χ4v) is 5.20. The summed E-state index contributed by atoms with van der Waals surface area (Å²) < 4.78 is 0. The average molecular weight is 540 g/mol. The number of amides is 4. The molecule has 3 rings (SSSR count). The number of H-pyrrole nitrogens is 1. The number of carbonyl (C=O) groups excluding carboxylic acids is 3. The molecule has 1 heterocycles. The third-order valence-electron chi connectivity index (χ3n) is 6.59. The maximum absolute atomic E-state index is 13.8. The van der Waals surface area contributed by atoms with Crippen molar-refractivity contribution in [2.24, 2.45) is 17.6 Å². The molecule has 3 atom stereocenters. The summed E-state index contributed by atoms with van der Waals surface area (Å²) in [4.78, 5) is 53.7. The molecule has 0 bridgehead atoms. The van der Waals surface area contributed by atoms with Crippen LogP contribution in [0.15, 0.2) is 12.1 Å². The number of aromatic amines is 1. The standard InChI is InChI=1S/C24H31Cl2N5O5/c1-10(2)17(20(27)32)29-22(34)24(31-21(33)18(11(3)4)30-23(35)36)6-5-16-14(9-24)13-7-12(25)8-15(26)19(13)28-16/h7-8,10-11,17-18,28,30H,5-6,9H2,1-4H3,(H2,27,32)(H,29,34)(H,31,33)(H,35,36)/t17-,18-,24+/m0/s1. The Balaban J connectivity index is 2.07. The number of fused-ring (bicyclic) bond motifs is 3.